The Bertz CT molecular complexity index is 665. The summed E-state index contributed by atoms with van der Waals surface area (Å²) >= 11 is 0. The highest BCUT2D eigenvalue weighted by atomic mass is 32.3. The number of carbonyl (C=O) groups excluding carboxylic acids is 1. The number of nitrogens with one attached hydrogen (secondary N) is 1. The van der Waals surface area contributed by atoms with Gasteiger partial charge in [0.25, 0.3) is 0 Å². The molecule has 21 heavy (non-hydrogen) atoms. The molecule has 1 aliphatic rings. The monoisotopic (exact) mass is 307 g/mol. The fourth-order valence-electron chi connectivity index (χ4n) is 2.49. The van der Waals surface area contributed by atoms with E-state index in [2.05, 4.69) is 11.1 Å². The molecular formula is C16H21NO3S. The average Bonchev–Trinajstić information content (AvgIpc) is 3.05. The smallest absolute Gasteiger partial charge is 0.377 e. The normalized spacial score (nSPS) is 25.7. The van der Waals surface area contributed by atoms with Crippen LogP contribution in [0.4, 0.5) is 4.79 Å². The van der Waals surface area contributed by atoms with Crippen LogP contribution < -0.4 is 0 Å². The average molecular weight is 307 g/mol. The summed E-state index contributed by atoms with van der Waals surface area (Å²) in [6.07, 6.45) is 4.79. The van der Waals surface area contributed by atoms with E-state index in [9.17, 15) is 4.79 Å². The van der Waals surface area contributed by atoms with Gasteiger partial charge in [-0.1, -0.05) is 6.07 Å². The standard InChI is InChI=1S/C16H21NO3S/c1-16(2,3)20-15(18)21(8-4-7-19-21)14-6-5-12-10-17-11-13(12)9-14/h5-6,9-11,17H,4,7-8H2,1-3H3. The number of hydrogen-bond acceptors (Lipinski definition) is 3. The van der Waals surface area contributed by atoms with Gasteiger partial charge in [-0.05, 0) is 55.0 Å². The number of ether oxygens (including phenoxy) is 1. The molecule has 0 saturated carbocycles. The highest BCUT2D eigenvalue weighted by molar-refractivity contribution is 8.41. The fourth-order valence-corrected chi connectivity index (χ4v) is 5.35. The number of H-pyrrole nitrogens is 1. The van der Waals surface area contributed by atoms with Crippen molar-refractivity contribution in [2.45, 2.75) is 37.7 Å². The van der Waals surface area contributed by atoms with Gasteiger partial charge in [-0.25, -0.2) is 4.79 Å². The van der Waals surface area contributed by atoms with E-state index in [-0.39, 0.29) is 5.30 Å². The predicted molar refractivity (Wildman–Crippen MR) is 85.8 cm³/mol. The van der Waals surface area contributed by atoms with Gasteiger partial charge in [0.1, 0.15) is 5.60 Å². The molecule has 1 N–H and O–H groups in total. The van der Waals surface area contributed by atoms with Gasteiger partial charge in [-0.2, -0.15) is 0 Å². The maximum atomic E-state index is 12.7. The van der Waals surface area contributed by atoms with E-state index in [1.165, 1.54) is 0 Å². The molecule has 114 valence electrons. The molecule has 0 aliphatic carbocycles. The highest BCUT2D eigenvalue weighted by Gasteiger charge is 2.42. The number of aromatic amines is 1. The Morgan fingerprint density at radius 2 is 2.05 bits per heavy atom. The molecule has 0 amide bonds. The maximum Gasteiger partial charge on any atom is 0.377 e. The van der Waals surface area contributed by atoms with Crippen molar-refractivity contribution < 1.29 is 13.7 Å². The molecule has 1 unspecified atom stereocenters. The lowest BCUT2D eigenvalue weighted by atomic mass is 10.2. The fraction of sp³-hybridized carbons (Fsp3) is 0.438. The lowest BCUT2D eigenvalue weighted by Crippen LogP contribution is -2.27. The number of rotatable bonds is 1. The largest absolute Gasteiger partial charge is 0.451 e. The first-order valence-corrected chi connectivity index (χ1v) is 8.88. The first-order chi connectivity index (χ1) is 9.91. The summed E-state index contributed by atoms with van der Waals surface area (Å²) in [5, 5.41) is 2.02. The van der Waals surface area contributed by atoms with Crippen LogP contribution >= 0.6 is 10.3 Å². The van der Waals surface area contributed by atoms with E-state index in [1.807, 2.05) is 45.3 Å². The SMILES string of the molecule is CC(C)(C)OC(=O)S1(c2ccc3c[nH]cc3c2)CCCO1. The van der Waals surface area contributed by atoms with E-state index < -0.39 is 15.9 Å². The summed E-state index contributed by atoms with van der Waals surface area (Å²) in [5.74, 6) is 0.748. The van der Waals surface area contributed by atoms with E-state index in [0.717, 1.165) is 27.8 Å². The summed E-state index contributed by atoms with van der Waals surface area (Å²) in [6, 6.07) is 6.08. The zero-order valence-electron chi connectivity index (χ0n) is 12.6. The third kappa shape index (κ3) is 2.68. The van der Waals surface area contributed by atoms with Crippen LogP contribution in [-0.2, 0) is 8.92 Å². The predicted octanol–water partition coefficient (Wildman–Crippen LogP) is 4.60. The maximum absolute atomic E-state index is 12.7. The molecule has 1 aliphatic heterocycles. The molecule has 5 heteroatoms. The van der Waals surface area contributed by atoms with Gasteiger partial charge in [-0.3, -0.25) is 0 Å². The van der Waals surface area contributed by atoms with Crippen LogP contribution in [0.5, 0.6) is 0 Å². The van der Waals surface area contributed by atoms with Crippen molar-refractivity contribution in [1.82, 2.24) is 4.98 Å². The first-order valence-electron chi connectivity index (χ1n) is 7.16. The van der Waals surface area contributed by atoms with Crippen LogP contribution in [0.2, 0.25) is 0 Å². The lowest BCUT2D eigenvalue weighted by molar-refractivity contribution is 0.0714. The molecule has 1 aromatic heterocycles. The van der Waals surface area contributed by atoms with Crippen LogP contribution in [0.3, 0.4) is 0 Å². The van der Waals surface area contributed by atoms with Crippen molar-refractivity contribution in [3.05, 3.63) is 30.6 Å². The highest BCUT2D eigenvalue weighted by Crippen LogP contribution is 2.62. The number of benzene rings is 1. The van der Waals surface area contributed by atoms with Gasteiger partial charge in [0.05, 0.1) is 6.61 Å². The Labute approximate surface area is 126 Å². The van der Waals surface area contributed by atoms with E-state index in [0.29, 0.717) is 6.61 Å². The number of aromatic nitrogens is 1. The van der Waals surface area contributed by atoms with Gasteiger partial charge in [-0.15, -0.1) is 0 Å². The van der Waals surface area contributed by atoms with Gasteiger partial charge >= 0.3 is 5.30 Å². The Morgan fingerprint density at radius 3 is 2.71 bits per heavy atom. The van der Waals surface area contributed by atoms with Crippen molar-refractivity contribution in [3.63, 3.8) is 0 Å². The third-order valence-corrected chi connectivity index (χ3v) is 6.51. The van der Waals surface area contributed by atoms with Crippen LogP contribution in [0.15, 0.2) is 35.5 Å². The quantitative estimate of drug-likeness (QED) is 0.783. The molecule has 2 aromatic rings. The number of fused-ring (bicyclic) bond motifs is 1. The minimum Gasteiger partial charge on any atom is -0.451 e. The second kappa shape index (κ2) is 5.07. The van der Waals surface area contributed by atoms with Gasteiger partial charge in [0, 0.05) is 28.4 Å². The second-order valence-corrected chi connectivity index (χ2v) is 9.06. The molecule has 0 bridgehead atoms. The van der Waals surface area contributed by atoms with Crippen molar-refractivity contribution >= 4 is 26.4 Å². The molecule has 4 nitrogen and oxygen atoms in total. The van der Waals surface area contributed by atoms with Crippen molar-refractivity contribution in [3.8, 4) is 0 Å². The van der Waals surface area contributed by atoms with Crippen LogP contribution in [0.1, 0.15) is 27.2 Å². The Morgan fingerprint density at radius 1 is 1.29 bits per heavy atom. The Kier molecular flexibility index (Phi) is 3.50. The van der Waals surface area contributed by atoms with Crippen LogP contribution in [-0.4, -0.2) is 28.2 Å². The molecule has 1 fully saturated rings. The van der Waals surface area contributed by atoms with Gasteiger partial charge < -0.3 is 13.9 Å². The van der Waals surface area contributed by atoms with Crippen molar-refractivity contribution in [1.29, 1.82) is 0 Å². The molecule has 2 heterocycles. The molecular weight excluding hydrogens is 286 g/mol. The summed E-state index contributed by atoms with van der Waals surface area (Å²) in [4.78, 5) is 16.8. The summed E-state index contributed by atoms with van der Waals surface area (Å²) < 4.78 is 11.6. The van der Waals surface area contributed by atoms with Gasteiger partial charge in [0.2, 0.25) is 0 Å². The van der Waals surface area contributed by atoms with E-state index in [1.54, 1.807) is 0 Å². The molecule has 3 rings (SSSR count). The summed E-state index contributed by atoms with van der Waals surface area (Å²) in [7, 11) is -2.00. The summed E-state index contributed by atoms with van der Waals surface area (Å²) in [6.45, 7) is 6.30. The lowest BCUT2D eigenvalue weighted by Gasteiger charge is -2.34. The summed E-state index contributed by atoms with van der Waals surface area (Å²) in [5.41, 5.74) is -0.499. The van der Waals surface area contributed by atoms with Crippen molar-refractivity contribution in [2.24, 2.45) is 0 Å². The second-order valence-electron chi connectivity index (χ2n) is 6.27. The topological polar surface area (TPSA) is 51.3 Å². The Hall–Kier alpha value is -1.46. The van der Waals surface area contributed by atoms with E-state index >= 15 is 0 Å². The minimum atomic E-state index is -2.00. The molecule has 0 radical (unpaired) electrons. The zero-order chi connectivity index (χ0) is 15.1. The number of carbonyl (C=O) groups is 1. The van der Waals surface area contributed by atoms with E-state index in [4.69, 9.17) is 8.92 Å². The molecule has 0 spiro atoms. The molecule has 1 aromatic carbocycles. The number of hydrogen-bond donors (Lipinski definition) is 1. The Balaban J connectivity index is 2.02. The zero-order valence-corrected chi connectivity index (χ0v) is 13.5. The van der Waals surface area contributed by atoms with Crippen LogP contribution in [0.25, 0.3) is 10.8 Å². The molecule has 1 atom stereocenters. The minimum absolute atomic E-state index is 0.206. The molecule has 1 saturated heterocycles. The van der Waals surface area contributed by atoms with Crippen LogP contribution in [0, 0.1) is 0 Å². The van der Waals surface area contributed by atoms with Crippen molar-refractivity contribution in [2.75, 3.05) is 12.4 Å². The third-order valence-electron chi connectivity index (χ3n) is 3.44. The first kappa shape index (κ1) is 14.5. The van der Waals surface area contributed by atoms with Gasteiger partial charge in [0.15, 0.2) is 0 Å².